The zero-order valence-electron chi connectivity index (χ0n) is 13.5. The Bertz CT molecular complexity index is 436. The predicted octanol–water partition coefficient (Wildman–Crippen LogP) is 3.57. The van der Waals surface area contributed by atoms with Gasteiger partial charge in [-0.1, -0.05) is 0 Å². The molecule has 21 heavy (non-hydrogen) atoms. The highest BCUT2D eigenvalue weighted by molar-refractivity contribution is 5.55. The molecule has 0 aromatic heterocycles. The zero-order valence-corrected chi connectivity index (χ0v) is 13.5. The van der Waals surface area contributed by atoms with Crippen molar-refractivity contribution in [2.45, 2.75) is 51.1 Å². The van der Waals surface area contributed by atoms with E-state index in [2.05, 4.69) is 53.4 Å². The van der Waals surface area contributed by atoms with E-state index in [9.17, 15) is 0 Å². The van der Waals surface area contributed by atoms with E-state index in [1.165, 1.54) is 63.1 Å². The number of hydrogen-bond donors (Lipinski definition) is 1. The normalized spacial score (nSPS) is 27.6. The van der Waals surface area contributed by atoms with E-state index < -0.39 is 0 Å². The maximum Gasteiger partial charge on any atom is 0.0367 e. The molecule has 3 heteroatoms. The summed E-state index contributed by atoms with van der Waals surface area (Å²) in [5.74, 6) is 0. The van der Waals surface area contributed by atoms with Crippen molar-refractivity contribution in [2.24, 2.45) is 0 Å². The number of likely N-dealkylation sites (tertiary alicyclic amines) is 1. The van der Waals surface area contributed by atoms with Crippen LogP contribution in [0.2, 0.25) is 0 Å². The van der Waals surface area contributed by atoms with Crippen LogP contribution >= 0.6 is 0 Å². The van der Waals surface area contributed by atoms with Crippen LogP contribution in [0.25, 0.3) is 0 Å². The lowest BCUT2D eigenvalue weighted by Crippen LogP contribution is -2.42. The Labute approximate surface area is 129 Å². The number of nitrogens with one attached hydrogen (secondary N) is 1. The van der Waals surface area contributed by atoms with E-state index in [4.69, 9.17) is 0 Å². The Balaban J connectivity index is 1.57. The molecule has 2 aliphatic rings. The van der Waals surface area contributed by atoms with Crippen LogP contribution in [-0.2, 0) is 0 Å². The smallest absolute Gasteiger partial charge is 0.0367 e. The van der Waals surface area contributed by atoms with Crippen molar-refractivity contribution in [1.29, 1.82) is 0 Å². The van der Waals surface area contributed by atoms with Crippen molar-refractivity contribution in [3.63, 3.8) is 0 Å². The van der Waals surface area contributed by atoms with Gasteiger partial charge in [0, 0.05) is 43.1 Å². The van der Waals surface area contributed by atoms with Crippen LogP contribution in [-0.4, -0.2) is 43.7 Å². The van der Waals surface area contributed by atoms with Gasteiger partial charge in [0.15, 0.2) is 0 Å². The fourth-order valence-corrected chi connectivity index (χ4v) is 3.58. The first kappa shape index (κ1) is 14.7. The molecule has 0 amide bonds. The van der Waals surface area contributed by atoms with Gasteiger partial charge >= 0.3 is 0 Å². The number of hydrogen-bond acceptors (Lipinski definition) is 3. The van der Waals surface area contributed by atoms with Crippen molar-refractivity contribution in [2.75, 3.05) is 36.9 Å². The molecule has 0 radical (unpaired) electrons. The minimum Gasteiger partial charge on any atom is -0.382 e. The first-order valence-corrected chi connectivity index (χ1v) is 8.54. The Morgan fingerprint density at radius 3 is 2.38 bits per heavy atom. The number of piperidine rings is 2. The summed E-state index contributed by atoms with van der Waals surface area (Å²) in [5.41, 5.74) is 2.66. The first-order valence-electron chi connectivity index (χ1n) is 8.54. The average Bonchev–Trinajstić information content (AvgIpc) is 2.53. The highest BCUT2D eigenvalue weighted by atomic mass is 15.1. The monoisotopic (exact) mass is 287 g/mol. The molecule has 3 nitrogen and oxygen atoms in total. The number of anilines is 2. The maximum absolute atomic E-state index is 3.72. The molecule has 2 atom stereocenters. The summed E-state index contributed by atoms with van der Waals surface area (Å²) in [4.78, 5) is 4.97. The standard InChI is InChI=1S/C18H29N3/c1-15-14-17(10-13-20(15)2)19-16-6-8-18(9-7-16)21-11-4-3-5-12-21/h6-9,15,17,19H,3-5,10-14H2,1-2H3. The van der Waals surface area contributed by atoms with Gasteiger partial charge in [0.05, 0.1) is 0 Å². The van der Waals surface area contributed by atoms with Crippen LogP contribution in [0.15, 0.2) is 24.3 Å². The summed E-state index contributed by atoms with van der Waals surface area (Å²) in [6.45, 7) is 5.97. The molecule has 0 spiro atoms. The van der Waals surface area contributed by atoms with Gasteiger partial charge in [-0.3, -0.25) is 0 Å². The lowest BCUT2D eigenvalue weighted by Gasteiger charge is -2.36. The minimum absolute atomic E-state index is 0.622. The molecule has 2 heterocycles. The van der Waals surface area contributed by atoms with Crippen molar-refractivity contribution in [3.8, 4) is 0 Å². The van der Waals surface area contributed by atoms with Gasteiger partial charge in [-0.2, -0.15) is 0 Å². The van der Waals surface area contributed by atoms with Crippen LogP contribution in [0.1, 0.15) is 39.0 Å². The van der Waals surface area contributed by atoms with Gasteiger partial charge in [0.2, 0.25) is 0 Å². The first-order chi connectivity index (χ1) is 10.2. The summed E-state index contributed by atoms with van der Waals surface area (Å²) in [6.07, 6.45) is 6.56. The van der Waals surface area contributed by atoms with Gasteiger partial charge in [-0.05, 0) is 70.3 Å². The largest absolute Gasteiger partial charge is 0.382 e. The zero-order chi connectivity index (χ0) is 14.7. The van der Waals surface area contributed by atoms with Crippen molar-refractivity contribution >= 4 is 11.4 Å². The maximum atomic E-state index is 3.72. The van der Waals surface area contributed by atoms with Crippen LogP contribution in [0.5, 0.6) is 0 Å². The fraction of sp³-hybridized carbons (Fsp3) is 0.667. The molecular formula is C18H29N3. The van der Waals surface area contributed by atoms with Crippen LogP contribution < -0.4 is 10.2 Å². The summed E-state index contributed by atoms with van der Waals surface area (Å²) in [6, 6.07) is 10.4. The molecule has 2 aliphatic heterocycles. The van der Waals surface area contributed by atoms with Crippen LogP contribution in [0.4, 0.5) is 11.4 Å². The highest BCUT2D eigenvalue weighted by Crippen LogP contribution is 2.24. The molecule has 2 unspecified atom stereocenters. The molecule has 0 aliphatic carbocycles. The van der Waals surface area contributed by atoms with E-state index in [0.717, 1.165) is 0 Å². The average molecular weight is 287 g/mol. The highest BCUT2D eigenvalue weighted by Gasteiger charge is 2.22. The summed E-state index contributed by atoms with van der Waals surface area (Å²) >= 11 is 0. The topological polar surface area (TPSA) is 18.5 Å². The van der Waals surface area contributed by atoms with Gasteiger partial charge in [-0.15, -0.1) is 0 Å². The molecule has 0 bridgehead atoms. The third-order valence-electron chi connectivity index (χ3n) is 5.17. The van der Waals surface area contributed by atoms with E-state index in [1.807, 2.05) is 0 Å². The Morgan fingerprint density at radius 2 is 1.71 bits per heavy atom. The van der Waals surface area contributed by atoms with Crippen molar-refractivity contribution in [1.82, 2.24) is 4.90 Å². The van der Waals surface area contributed by atoms with Crippen molar-refractivity contribution < 1.29 is 0 Å². The number of rotatable bonds is 3. The second kappa shape index (κ2) is 6.69. The number of nitrogens with zero attached hydrogens (tertiary/aromatic N) is 2. The summed E-state index contributed by atoms with van der Waals surface area (Å²) in [7, 11) is 2.23. The summed E-state index contributed by atoms with van der Waals surface area (Å²) < 4.78 is 0. The second-order valence-corrected chi connectivity index (χ2v) is 6.79. The van der Waals surface area contributed by atoms with E-state index in [0.29, 0.717) is 12.1 Å². The lowest BCUT2D eigenvalue weighted by molar-refractivity contribution is 0.190. The molecule has 1 N–H and O–H groups in total. The van der Waals surface area contributed by atoms with Crippen LogP contribution in [0, 0.1) is 0 Å². The molecule has 2 saturated heterocycles. The SMILES string of the molecule is CC1CC(Nc2ccc(N3CCCCC3)cc2)CCN1C. The molecular weight excluding hydrogens is 258 g/mol. The third kappa shape index (κ3) is 3.70. The Hall–Kier alpha value is -1.22. The quantitative estimate of drug-likeness (QED) is 0.917. The molecule has 116 valence electrons. The van der Waals surface area contributed by atoms with Gasteiger partial charge in [0.25, 0.3) is 0 Å². The van der Waals surface area contributed by atoms with E-state index in [-0.39, 0.29) is 0 Å². The Morgan fingerprint density at radius 1 is 1.00 bits per heavy atom. The Kier molecular flexibility index (Phi) is 4.69. The van der Waals surface area contributed by atoms with Gasteiger partial charge < -0.3 is 15.1 Å². The van der Waals surface area contributed by atoms with Gasteiger partial charge in [-0.25, -0.2) is 0 Å². The predicted molar refractivity (Wildman–Crippen MR) is 91.2 cm³/mol. The summed E-state index contributed by atoms with van der Waals surface area (Å²) in [5, 5.41) is 3.72. The molecule has 1 aromatic carbocycles. The van der Waals surface area contributed by atoms with E-state index >= 15 is 0 Å². The molecule has 2 fully saturated rings. The van der Waals surface area contributed by atoms with Crippen LogP contribution in [0.3, 0.4) is 0 Å². The fourth-order valence-electron chi connectivity index (χ4n) is 3.58. The minimum atomic E-state index is 0.622. The molecule has 0 saturated carbocycles. The van der Waals surface area contributed by atoms with E-state index in [1.54, 1.807) is 0 Å². The third-order valence-corrected chi connectivity index (χ3v) is 5.17. The lowest BCUT2D eigenvalue weighted by atomic mass is 9.98. The molecule has 3 rings (SSSR count). The number of benzene rings is 1. The van der Waals surface area contributed by atoms with Crippen molar-refractivity contribution in [3.05, 3.63) is 24.3 Å². The van der Waals surface area contributed by atoms with Gasteiger partial charge in [0.1, 0.15) is 0 Å². The second-order valence-electron chi connectivity index (χ2n) is 6.79. The molecule has 1 aromatic rings.